The summed E-state index contributed by atoms with van der Waals surface area (Å²) in [6.45, 7) is 1.57. The van der Waals surface area contributed by atoms with Crippen molar-refractivity contribution in [2.75, 3.05) is 23.8 Å². The van der Waals surface area contributed by atoms with Crippen LogP contribution in [-0.2, 0) is 9.53 Å². The van der Waals surface area contributed by atoms with Crippen LogP contribution in [0.4, 0.5) is 15.8 Å². The fraction of sp³-hybridized carbons (Fsp3) is 0.176. The number of rotatable bonds is 5. The molecule has 0 saturated carbocycles. The summed E-state index contributed by atoms with van der Waals surface area (Å²) in [6, 6.07) is 8.12. The number of hydrogen-bond donors (Lipinski definition) is 1. The highest BCUT2D eigenvalue weighted by molar-refractivity contribution is 6.37. The Morgan fingerprint density at radius 1 is 1.20 bits per heavy atom. The van der Waals surface area contributed by atoms with Crippen LogP contribution in [0.1, 0.15) is 17.3 Å². The minimum atomic E-state index is -0.814. The lowest BCUT2D eigenvalue weighted by Crippen LogP contribution is -2.34. The summed E-state index contributed by atoms with van der Waals surface area (Å²) in [5.41, 5.74) is 6.23. The number of nitrogen functional groups attached to an aromatic ring is 1. The van der Waals surface area contributed by atoms with Crippen molar-refractivity contribution >= 4 is 46.5 Å². The van der Waals surface area contributed by atoms with E-state index in [0.717, 1.165) is 0 Å². The Hall–Kier alpha value is -2.31. The van der Waals surface area contributed by atoms with E-state index in [-0.39, 0.29) is 21.3 Å². The zero-order valence-corrected chi connectivity index (χ0v) is 14.8. The molecule has 132 valence electrons. The van der Waals surface area contributed by atoms with E-state index in [1.807, 2.05) is 0 Å². The molecule has 0 atom stereocenters. The summed E-state index contributed by atoms with van der Waals surface area (Å²) in [4.78, 5) is 25.8. The van der Waals surface area contributed by atoms with Crippen molar-refractivity contribution in [1.29, 1.82) is 0 Å². The van der Waals surface area contributed by atoms with Crippen molar-refractivity contribution in [3.63, 3.8) is 0 Å². The summed E-state index contributed by atoms with van der Waals surface area (Å²) in [5.74, 6) is -1.69. The van der Waals surface area contributed by atoms with E-state index in [9.17, 15) is 14.0 Å². The van der Waals surface area contributed by atoms with Crippen LogP contribution in [0, 0.1) is 5.82 Å². The van der Waals surface area contributed by atoms with Crippen LogP contribution in [0.3, 0.4) is 0 Å². The van der Waals surface area contributed by atoms with Crippen LogP contribution in [0.25, 0.3) is 0 Å². The second-order valence-electron chi connectivity index (χ2n) is 5.04. The molecule has 25 heavy (non-hydrogen) atoms. The fourth-order valence-electron chi connectivity index (χ4n) is 2.16. The van der Waals surface area contributed by atoms with Crippen molar-refractivity contribution < 1.29 is 18.7 Å². The molecule has 0 unspecified atom stereocenters. The molecule has 0 aliphatic carbocycles. The number of likely N-dealkylation sites (N-methyl/N-ethyl adjacent to an activating group) is 1. The number of hydrogen-bond acceptors (Lipinski definition) is 4. The van der Waals surface area contributed by atoms with Gasteiger partial charge in [0.05, 0.1) is 16.3 Å². The lowest BCUT2D eigenvalue weighted by molar-refractivity contribution is -0.121. The summed E-state index contributed by atoms with van der Waals surface area (Å²) in [6.07, 6.45) is 0. The predicted octanol–water partition coefficient (Wildman–Crippen LogP) is 3.92. The van der Waals surface area contributed by atoms with Crippen molar-refractivity contribution in [3.05, 3.63) is 57.8 Å². The molecule has 2 rings (SSSR count). The largest absolute Gasteiger partial charge is 0.452 e. The van der Waals surface area contributed by atoms with E-state index in [2.05, 4.69) is 0 Å². The van der Waals surface area contributed by atoms with Gasteiger partial charge in [0, 0.05) is 17.3 Å². The highest BCUT2D eigenvalue weighted by atomic mass is 35.5. The van der Waals surface area contributed by atoms with Crippen LogP contribution >= 0.6 is 23.2 Å². The Morgan fingerprint density at radius 2 is 1.84 bits per heavy atom. The molecule has 0 radical (unpaired) electrons. The normalized spacial score (nSPS) is 10.4. The molecule has 1 amide bonds. The minimum absolute atomic E-state index is 0.0184. The molecule has 0 aliphatic heterocycles. The number of amides is 1. The number of carbonyl (C=O) groups excluding carboxylic acids is 2. The van der Waals surface area contributed by atoms with Crippen molar-refractivity contribution in [2.24, 2.45) is 0 Å². The molecule has 8 heteroatoms. The molecule has 2 aromatic carbocycles. The minimum Gasteiger partial charge on any atom is -0.452 e. The molecule has 2 N–H and O–H groups in total. The molecule has 2 aromatic rings. The molecule has 0 bridgehead atoms. The Morgan fingerprint density at radius 3 is 2.44 bits per heavy atom. The average Bonchev–Trinajstić information content (AvgIpc) is 2.58. The van der Waals surface area contributed by atoms with Gasteiger partial charge >= 0.3 is 5.97 Å². The van der Waals surface area contributed by atoms with E-state index >= 15 is 0 Å². The summed E-state index contributed by atoms with van der Waals surface area (Å²) in [7, 11) is 0. The van der Waals surface area contributed by atoms with E-state index in [1.165, 1.54) is 41.3 Å². The molecule has 0 saturated heterocycles. The number of benzene rings is 2. The number of esters is 1. The standard InChI is InChI=1S/C17H15Cl2FN2O3/c1-2-22(12-5-3-11(20)4-6-12)15(23)9-25-17(24)13-7-10(18)8-14(19)16(13)21/h3-8H,2,9,21H2,1H3. The van der Waals surface area contributed by atoms with Gasteiger partial charge in [-0.15, -0.1) is 0 Å². The topological polar surface area (TPSA) is 72.6 Å². The van der Waals surface area contributed by atoms with Gasteiger partial charge in [-0.1, -0.05) is 23.2 Å². The zero-order valence-electron chi connectivity index (χ0n) is 13.3. The van der Waals surface area contributed by atoms with Gasteiger partial charge in [0.1, 0.15) is 5.82 Å². The number of nitrogens with two attached hydrogens (primary N) is 1. The van der Waals surface area contributed by atoms with Gasteiger partial charge in [0.25, 0.3) is 5.91 Å². The first-order valence-corrected chi connectivity index (χ1v) is 8.06. The van der Waals surface area contributed by atoms with Gasteiger partial charge in [-0.2, -0.15) is 0 Å². The maximum absolute atomic E-state index is 13.0. The van der Waals surface area contributed by atoms with Crippen LogP contribution in [-0.4, -0.2) is 25.0 Å². The molecule has 0 spiro atoms. The number of anilines is 2. The molecule has 0 aliphatic rings. The second-order valence-corrected chi connectivity index (χ2v) is 5.88. The Bertz CT molecular complexity index is 797. The number of ether oxygens (including phenoxy) is 1. The third-order valence-electron chi connectivity index (χ3n) is 3.40. The molecule has 0 aromatic heterocycles. The van der Waals surface area contributed by atoms with Crippen LogP contribution in [0.2, 0.25) is 10.0 Å². The number of nitrogens with zero attached hydrogens (tertiary/aromatic N) is 1. The fourth-order valence-corrected chi connectivity index (χ4v) is 2.65. The highest BCUT2D eigenvalue weighted by Gasteiger charge is 2.19. The first-order valence-electron chi connectivity index (χ1n) is 7.31. The zero-order chi connectivity index (χ0) is 18.6. The van der Waals surface area contributed by atoms with Crippen molar-refractivity contribution in [2.45, 2.75) is 6.92 Å². The van der Waals surface area contributed by atoms with Crippen LogP contribution < -0.4 is 10.6 Å². The second kappa shape index (κ2) is 8.18. The van der Waals surface area contributed by atoms with E-state index in [0.29, 0.717) is 12.2 Å². The highest BCUT2D eigenvalue weighted by Crippen LogP contribution is 2.28. The van der Waals surface area contributed by atoms with Gasteiger partial charge in [-0.05, 0) is 43.3 Å². The maximum Gasteiger partial charge on any atom is 0.340 e. The summed E-state index contributed by atoms with van der Waals surface area (Å²) in [5, 5.41) is 0.339. The third-order valence-corrected chi connectivity index (χ3v) is 3.93. The summed E-state index contributed by atoms with van der Waals surface area (Å²) < 4.78 is 18.0. The quantitative estimate of drug-likeness (QED) is 0.626. The Kier molecular flexibility index (Phi) is 6.22. The maximum atomic E-state index is 13.0. The molecular weight excluding hydrogens is 370 g/mol. The van der Waals surface area contributed by atoms with Gasteiger partial charge in [0.2, 0.25) is 0 Å². The Balaban J connectivity index is 2.08. The monoisotopic (exact) mass is 384 g/mol. The molecule has 5 nitrogen and oxygen atoms in total. The van der Waals surface area contributed by atoms with Gasteiger partial charge in [-0.25, -0.2) is 9.18 Å². The lowest BCUT2D eigenvalue weighted by Gasteiger charge is -2.21. The molecular formula is C17H15Cl2FN2O3. The average molecular weight is 385 g/mol. The van der Waals surface area contributed by atoms with Crippen molar-refractivity contribution in [1.82, 2.24) is 0 Å². The lowest BCUT2D eigenvalue weighted by atomic mass is 10.2. The van der Waals surface area contributed by atoms with Crippen LogP contribution in [0.15, 0.2) is 36.4 Å². The number of halogens is 3. The number of carbonyl (C=O) groups is 2. The Labute approximate surface area is 154 Å². The predicted molar refractivity (Wildman–Crippen MR) is 95.6 cm³/mol. The van der Waals surface area contributed by atoms with Gasteiger partial charge in [0.15, 0.2) is 6.61 Å². The SMILES string of the molecule is CCN(C(=O)COC(=O)c1cc(Cl)cc(Cl)c1N)c1ccc(F)cc1. The molecule has 0 heterocycles. The molecule has 0 fully saturated rings. The summed E-state index contributed by atoms with van der Waals surface area (Å²) >= 11 is 11.7. The first kappa shape index (κ1) is 19.0. The smallest absolute Gasteiger partial charge is 0.340 e. The van der Waals surface area contributed by atoms with Gasteiger partial charge < -0.3 is 15.4 Å². The van der Waals surface area contributed by atoms with E-state index in [1.54, 1.807) is 6.92 Å². The van der Waals surface area contributed by atoms with Crippen LogP contribution in [0.5, 0.6) is 0 Å². The third kappa shape index (κ3) is 4.61. The first-order chi connectivity index (χ1) is 11.8. The van der Waals surface area contributed by atoms with Gasteiger partial charge in [-0.3, -0.25) is 4.79 Å². The van der Waals surface area contributed by atoms with Crippen molar-refractivity contribution in [3.8, 4) is 0 Å². The van der Waals surface area contributed by atoms with E-state index in [4.69, 9.17) is 33.7 Å². The van der Waals surface area contributed by atoms with E-state index < -0.39 is 24.3 Å².